The number of esters is 1. The van der Waals surface area contributed by atoms with Crippen LogP contribution in [0.2, 0.25) is 0 Å². The minimum absolute atomic E-state index is 0.0466. The summed E-state index contributed by atoms with van der Waals surface area (Å²) in [4.78, 5) is 11.5. The first-order valence-electron chi connectivity index (χ1n) is 9.49. The van der Waals surface area contributed by atoms with E-state index in [0.29, 0.717) is 18.6 Å². The molecule has 0 N–H and O–H groups in total. The molecule has 26 heavy (non-hydrogen) atoms. The van der Waals surface area contributed by atoms with Crippen molar-refractivity contribution >= 4 is 5.97 Å². The number of hydrogen-bond donors (Lipinski definition) is 0. The van der Waals surface area contributed by atoms with Gasteiger partial charge in [0, 0.05) is 6.20 Å². The molecule has 0 aliphatic heterocycles. The molecule has 2 aromatic rings. The van der Waals surface area contributed by atoms with Crippen LogP contribution in [0.3, 0.4) is 0 Å². The van der Waals surface area contributed by atoms with Crippen molar-refractivity contribution in [2.75, 3.05) is 13.7 Å². The van der Waals surface area contributed by atoms with E-state index in [2.05, 4.69) is 23.0 Å². The number of aromatic nitrogens is 2. The van der Waals surface area contributed by atoms with Gasteiger partial charge in [-0.3, -0.25) is 9.48 Å². The van der Waals surface area contributed by atoms with Crippen LogP contribution in [0.1, 0.15) is 42.1 Å². The minimum Gasteiger partial charge on any atom is -0.469 e. The predicted molar refractivity (Wildman–Crippen MR) is 97.6 cm³/mol. The number of carbonyl (C=O) groups excluding carboxylic acids is 1. The average Bonchev–Trinajstić information content (AvgIpc) is 3.04. The first-order valence-corrected chi connectivity index (χ1v) is 9.49. The van der Waals surface area contributed by atoms with E-state index in [1.54, 1.807) is 0 Å². The number of rotatable bonds is 6. The van der Waals surface area contributed by atoms with E-state index in [1.165, 1.54) is 23.9 Å². The monoisotopic (exact) mass is 354 g/mol. The second kappa shape index (κ2) is 7.62. The summed E-state index contributed by atoms with van der Waals surface area (Å²) in [6, 6.07) is 10.7. The summed E-state index contributed by atoms with van der Waals surface area (Å²) >= 11 is 0. The summed E-state index contributed by atoms with van der Waals surface area (Å²) in [6.07, 6.45) is 7.07. The van der Waals surface area contributed by atoms with Gasteiger partial charge < -0.3 is 9.47 Å². The highest BCUT2D eigenvalue weighted by Gasteiger charge is 2.37. The highest BCUT2D eigenvalue weighted by atomic mass is 16.5. The number of fused-ring (bicyclic) bond motifs is 1. The molecule has 1 aromatic carbocycles. The van der Waals surface area contributed by atoms with Gasteiger partial charge in [0.05, 0.1) is 38.0 Å². The fraction of sp³-hybridized carbons (Fsp3) is 0.524. The number of nitrogens with zero attached hydrogens (tertiary/aromatic N) is 2. The minimum atomic E-state index is -0.0891. The Morgan fingerprint density at radius 1 is 1.27 bits per heavy atom. The van der Waals surface area contributed by atoms with Gasteiger partial charge in [0.25, 0.3) is 0 Å². The van der Waals surface area contributed by atoms with Crippen molar-refractivity contribution < 1.29 is 14.3 Å². The molecule has 1 saturated carbocycles. The molecule has 2 aliphatic carbocycles. The number of aryl methyl sites for hydroxylation is 1. The molecule has 0 bridgehead atoms. The third-order valence-corrected chi connectivity index (χ3v) is 5.68. The van der Waals surface area contributed by atoms with E-state index in [9.17, 15) is 4.79 Å². The van der Waals surface area contributed by atoms with Crippen molar-refractivity contribution in [3.05, 3.63) is 53.3 Å². The zero-order valence-corrected chi connectivity index (χ0v) is 15.3. The fourth-order valence-electron chi connectivity index (χ4n) is 4.01. The fourth-order valence-corrected chi connectivity index (χ4v) is 4.01. The molecule has 1 aromatic heterocycles. The molecule has 0 radical (unpaired) electrons. The Kier molecular flexibility index (Phi) is 5.07. The third-order valence-electron chi connectivity index (χ3n) is 5.68. The maximum atomic E-state index is 11.5. The first kappa shape index (κ1) is 17.3. The predicted octanol–water partition coefficient (Wildman–Crippen LogP) is 3.33. The third kappa shape index (κ3) is 3.68. The Morgan fingerprint density at radius 2 is 2.08 bits per heavy atom. The molecule has 0 amide bonds. The van der Waals surface area contributed by atoms with Crippen LogP contribution in [0, 0.1) is 11.8 Å². The van der Waals surface area contributed by atoms with E-state index in [0.717, 1.165) is 38.7 Å². The van der Waals surface area contributed by atoms with Crippen LogP contribution in [0.4, 0.5) is 0 Å². The van der Waals surface area contributed by atoms with E-state index < -0.39 is 0 Å². The number of methoxy groups -OCH3 is 1. The van der Waals surface area contributed by atoms with Gasteiger partial charge in [0.15, 0.2) is 0 Å². The summed E-state index contributed by atoms with van der Waals surface area (Å²) in [5.74, 6) is 0.521. The average molecular weight is 354 g/mol. The molecule has 0 spiro atoms. The van der Waals surface area contributed by atoms with Crippen molar-refractivity contribution in [3.8, 4) is 0 Å². The van der Waals surface area contributed by atoms with Crippen LogP contribution in [0.15, 0.2) is 36.5 Å². The standard InChI is InChI=1S/C21H26N2O3/c1-25-21(24)17-10-19(11-17)23-12-18-9-16(7-8-20(18)22-23)14-26-13-15-5-3-2-4-6-15/h2-6,12,16-17,19H,7-11,13-14H2,1H3. The van der Waals surface area contributed by atoms with Crippen LogP contribution < -0.4 is 0 Å². The van der Waals surface area contributed by atoms with Crippen LogP contribution >= 0.6 is 0 Å². The number of ether oxygens (including phenoxy) is 2. The number of hydrogen-bond acceptors (Lipinski definition) is 4. The lowest BCUT2D eigenvalue weighted by atomic mass is 9.80. The largest absolute Gasteiger partial charge is 0.469 e. The number of benzene rings is 1. The molecular weight excluding hydrogens is 328 g/mol. The Morgan fingerprint density at radius 3 is 2.85 bits per heavy atom. The van der Waals surface area contributed by atoms with Crippen LogP contribution in [0.5, 0.6) is 0 Å². The normalized spacial score (nSPS) is 24.6. The van der Waals surface area contributed by atoms with Crippen molar-refractivity contribution in [2.24, 2.45) is 11.8 Å². The zero-order chi connectivity index (χ0) is 17.9. The lowest BCUT2D eigenvalue weighted by Gasteiger charge is -2.33. The van der Waals surface area contributed by atoms with Crippen LogP contribution in [-0.4, -0.2) is 29.5 Å². The molecule has 1 unspecified atom stereocenters. The first-order chi connectivity index (χ1) is 12.7. The Labute approximate surface area is 154 Å². The second-order valence-electron chi connectivity index (χ2n) is 7.54. The molecular formula is C21H26N2O3. The zero-order valence-electron chi connectivity index (χ0n) is 15.3. The maximum Gasteiger partial charge on any atom is 0.308 e. The smallest absolute Gasteiger partial charge is 0.308 e. The molecule has 1 fully saturated rings. The van der Waals surface area contributed by atoms with Crippen LogP contribution in [0.25, 0.3) is 0 Å². The van der Waals surface area contributed by atoms with Gasteiger partial charge in [0.1, 0.15) is 0 Å². The van der Waals surface area contributed by atoms with Crippen molar-refractivity contribution in [3.63, 3.8) is 0 Å². The van der Waals surface area contributed by atoms with E-state index >= 15 is 0 Å². The topological polar surface area (TPSA) is 53.4 Å². The van der Waals surface area contributed by atoms with E-state index in [4.69, 9.17) is 14.6 Å². The molecule has 0 saturated heterocycles. The SMILES string of the molecule is COC(=O)C1CC(n2cc3c(n2)CCC(COCc2ccccc2)C3)C1. The molecule has 1 atom stereocenters. The van der Waals surface area contributed by atoms with Gasteiger partial charge in [-0.2, -0.15) is 5.10 Å². The molecule has 5 heteroatoms. The maximum absolute atomic E-state index is 11.5. The highest BCUT2D eigenvalue weighted by Crippen LogP contribution is 2.39. The van der Waals surface area contributed by atoms with Gasteiger partial charge in [-0.15, -0.1) is 0 Å². The second-order valence-corrected chi connectivity index (χ2v) is 7.54. The Hall–Kier alpha value is -2.14. The molecule has 138 valence electrons. The highest BCUT2D eigenvalue weighted by molar-refractivity contribution is 5.73. The molecule has 5 nitrogen and oxygen atoms in total. The Balaban J connectivity index is 1.28. The van der Waals surface area contributed by atoms with Crippen molar-refractivity contribution in [2.45, 2.75) is 44.8 Å². The van der Waals surface area contributed by atoms with Gasteiger partial charge in [-0.05, 0) is 49.1 Å². The van der Waals surface area contributed by atoms with Gasteiger partial charge >= 0.3 is 5.97 Å². The molecule has 1 heterocycles. The van der Waals surface area contributed by atoms with Crippen LogP contribution in [-0.2, 0) is 33.7 Å². The summed E-state index contributed by atoms with van der Waals surface area (Å²) in [6.45, 7) is 1.48. The molecule has 2 aliphatic rings. The summed E-state index contributed by atoms with van der Waals surface area (Å²) in [7, 11) is 1.46. The summed E-state index contributed by atoms with van der Waals surface area (Å²) in [5, 5.41) is 4.78. The van der Waals surface area contributed by atoms with Gasteiger partial charge in [-0.1, -0.05) is 30.3 Å². The lowest BCUT2D eigenvalue weighted by molar-refractivity contribution is -0.149. The van der Waals surface area contributed by atoms with E-state index in [-0.39, 0.29) is 11.9 Å². The van der Waals surface area contributed by atoms with E-state index in [1.807, 2.05) is 18.2 Å². The van der Waals surface area contributed by atoms with Crippen molar-refractivity contribution in [1.82, 2.24) is 9.78 Å². The Bertz CT molecular complexity index is 750. The van der Waals surface area contributed by atoms with Gasteiger partial charge in [0.2, 0.25) is 0 Å². The van der Waals surface area contributed by atoms with Gasteiger partial charge in [-0.25, -0.2) is 0 Å². The molecule has 4 rings (SSSR count). The number of carbonyl (C=O) groups is 1. The lowest BCUT2D eigenvalue weighted by Crippen LogP contribution is -2.33. The summed E-state index contributed by atoms with van der Waals surface area (Å²) < 4.78 is 12.8. The quantitative estimate of drug-likeness (QED) is 0.747. The van der Waals surface area contributed by atoms with Crippen molar-refractivity contribution in [1.29, 1.82) is 0 Å². The summed E-state index contributed by atoms with van der Waals surface area (Å²) in [5.41, 5.74) is 3.80.